The Morgan fingerprint density at radius 1 is 1.39 bits per heavy atom. The zero-order valence-electron chi connectivity index (χ0n) is 15.2. The van der Waals surface area contributed by atoms with Crippen LogP contribution in [0.2, 0.25) is 0 Å². The van der Waals surface area contributed by atoms with Crippen molar-refractivity contribution in [2.24, 2.45) is 4.99 Å². The fourth-order valence-corrected chi connectivity index (χ4v) is 5.78. The van der Waals surface area contributed by atoms with E-state index in [0.29, 0.717) is 0 Å². The van der Waals surface area contributed by atoms with Gasteiger partial charge in [-0.25, -0.2) is 17.6 Å². The van der Waals surface area contributed by atoms with Crippen molar-refractivity contribution in [3.8, 4) is 5.75 Å². The van der Waals surface area contributed by atoms with Crippen molar-refractivity contribution in [2.75, 3.05) is 6.61 Å². The number of nitrogens with zero attached hydrogens (tertiary/aromatic N) is 2. The lowest BCUT2D eigenvalue weighted by atomic mass is 9.84. The topological polar surface area (TPSA) is 148 Å². The first kappa shape index (κ1) is 20.0. The zero-order valence-corrected chi connectivity index (χ0v) is 16.0. The average Bonchev–Trinajstić information content (AvgIpc) is 2.69. The van der Waals surface area contributed by atoms with Crippen molar-refractivity contribution in [3.05, 3.63) is 33.9 Å². The number of carboxylic acid groups (broad SMARTS) is 1. The molecule has 10 nitrogen and oxygen atoms in total. The van der Waals surface area contributed by atoms with Crippen LogP contribution in [0.1, 0.15) is 32.8 Å². The smallest absolute Gasteiger partial charge is 0.410 e. The Hall–Kier alpha value is -2.76. The Morgan fingerprint density at radius 2 is 2.04 bits per heavy atom. The average molecular weight is 415 g/mol. The van der Waals surface area contributed by atoms with Gasteiger partial charge in [0.05, 0.1) is 11.5 Å². The van der Waals surface area contributed by atoms with E-state index in [2.05, 4.69) is 4.99 Å². The molecule has 152 valence electrons. The number of nitro groups is 1. The van der Waals surface area contributed by atoms with Gasteiger partial charge in [0.25, 0.3) is 5.69 Å². The van der Waals surface area contributed by atoms with Gasteiger partial charge in [0.15, 0.2) is 9.84 Å². The molecular weight excluding hydrogens is 397 g/mol. The normalized spacial score (nSPS) is 29.9. The summed E-state index contributed by atoms with van der Waals surface area (Å²) in [6.45, 7) is 3.17. The highest BCUT2D eigenvalue weighted by Crippen LogP contribution is 2.56. The molecule has 0 unspecified atom stereocenters. The summed E-state index contributed by atoms with van der Waals surface area (Å²) >= 11 is 0. The van der Waals surface area contributed by atoms with Crippen LogP contribution in [0.3, 0.4) is 0 Å². The van der Waals surface area contributed by atoms with Crippen LogP contribution >= 0.6 is 0 Å². The van der Waals surface area contributed by atoms with Gasteiger partial charge in [-0.05, 0) is 26.8 Å². The maximum atomic E-state index is 16.3. The van der Waals surface area contributed by atoms with E-state index in [0.717, 1.165) is 26.0 Å². The number of nitrogens with one attached hydrogen (secondary N) is 1. The van der Waals surface area contributed by atoms with Gasteiger partial charge in [-0.1, -0.05) is 0 Å². The first-order chi connectivity index (χ1) is 12.8. The number of non-ortho nitro benzene ring substituents is 1. The van der Waals surface area contributed by atoms with Gasteiger partial charge in [0.1, 0.15) is 21.9 Å². The molecule has 3 rings (SSSR count). The van der Waals surface area contributed by atoms with Gasteiger partial charge in [-0.3, -0.25) is 20.4 Å². The highest BCUT2D eigenvalue weighted by atomic mass is 32.2. The summed E-state index contributed by atoms with van der Waals surface area (Å²) in [6, 6.07) is 3.40. The third kappa shape index (κ3) is 2.40. The number of aliphatic imine (C=N–C) groups is 1. The van der Waals surface area contributed by atoms with Gasteiger partial charge in [0.2, 0.25) is 5.00 Å². The number of alkyl halides is 1. The quantitative estimate of drug-likeness (QED) is 0.527. The third-order valence-electron chi connectivity index (χ3n) is 5.34. The number of rotatable bonds is 1. The molecule has 0 aliphatic carbocycles. The minimum absolute atomic E-state index is 0.0426. The molecular formula is C16H18FN3O7S. The molecule has 0 saturated heterocycles. The van der Waals surface area contributed by atoms with E-state index in [1.807, 2.05) is 5.32 Å². The maximum Gasteiger partial charge on any atom is 0.410 e. The Bertz CT molecular complexity index is 1020. The molecule has 0 radical (unpaired) electrons. The number of carbonyl (C=O) groups is 1. The number of benzene rings is 1. The monoisotopic (exact) mass is 415 g/mol. The zero-order chi connectivity index (χ0) is 21.1. The molecule has 1 aromatic carbocycles. The lowest BCUT2D eigenvalue weighted by molar-refractivity contribution is -0.385. The maximum absolute atomic E-state index is 16.3. The first-order valence-corrected chi connectivity index (χ1v) is 9.71. The molecule has 0 saturated carbocycles. The number of nitro benzene ring substituents is 1. The summed E-state index contributed by atoms with van der Waals surface area (Å²) in [5, 5.41) is 19.2. The predicted molar refractivity (Wildman–Crippen MR) is 96.0 cm³/mol. The number of halogens is 1. The first-order valence-electron chi connectivity index (χ1n) is 8.23. The molecule has 12 heteroatoms. The molecule has 2 aliphatic rings. The van der Waals surface area contributed by atoms with E-state index in [4.69, 9.17) is 9.84 Å². The van der Waals surface area contributed by atoms with E-state index < -0.39 is 54.1 Å². The summed E-state index contributed by atoms with van der Waals surface area (Å²) in [5.41, 5.74) is -2.72. The van der Waals surface area contributed by atoms with Crippen molar-refractivity contribution in [1.29, 1.82) is 0 Å². The van der Waals surface area contributed by atoms with Crippen LogP contribution in [0, 0.1) is 10.1 Å². The molecule has 28 heavy (non-hydrogen) atoms. The van der Waals surface area contributed by atoms with Gasteiger partial charge < -0.3 is 9.84 Å². The molecule has 0 spiro atoms. The van der Waals surface area contributed by atoms with Gasteiger partial charge in [0, 0.05) is 24.1 Å². The van der Waals surface area contributed by atoms with E-state index >= 15 is 4.39 Å². The van der Waals surface area contributed by atoms with Gasteiger partial charge in [-0.15, -0.1) is 0 Å². The van der Waals surface area contributed by atoms with Crippen molar-refractivity contribution in [2.45, 2.75) is 42.5 Å². The number of hydrogen-bond acceptors (Lipinski definition) is 7. The Balaban J connectivity index is 2.42. The van der Waals surface area contributed by atoms with E-state index in [1.54, 1.807) is 0 Å². The molecule has 2 atom stereocenters. The highest BCUT2D eigenvalue weighted by molar-refractivity contribution is 7.94. The number of sulfone groups is 1. The fourth-order valence-electron chi connectivity index (χ4n) is 3.58. The van der Waals surface area contributed by atoms with Gasteiger partial charge in [-0.2, -0.15) is 0 Å². The number of hydrogen-bond donors (Lipinski definition) is 2. The SMILES string of the molecule is CC1(C)C(NC(=O)O)=N[C@]2(C)c3cc([N+](=O)[O-])ccc3OCC[C@@]2(F)S1(=O)=O. The summed E-state index contributed by atoms with van der Waals surface area (Å²) < 4.78 is 46.4. The molecule has 1 amide bonds. The Kier molecular flexibility index (Phi) is 4.19. The van der Waals surface area contributed by atoms with Crippen LogP contribution in [0.4, 0.5) is 14.9 Å². The van der Waals surface area contributed by atoms with Gasteiger partial charge >= 0.3 is 6.09 Å². The molecule has 0 bridgehead atoms. The van der Waals surface area contributed by atoms with Crippen molar-refractivity contribution < 1.29 is 32.4 Å². The van der Waals surface area contributed by atoms with Crippen molar-refractivity contribution >= 4 is 27.5 Å². The van der Waals surface area contributed by atoms with Crippen LogP contribution in [0.15, 0.2) is 23.2 Å². The fraction of sp³-hybridized carbons (Fsp3) is 0.500. The minimum atomic E-state index is -4.69. The largest absolute Gasteiger partial charge is 0.493 e. The minimum Gasteiger partial charge on any atom is -0.493 e. The van der Waals surface area contributed by atoms with Crippen molar-refractivity contribution in [1.82, 2.24) is 5.32 Å². The second kappa shape index (κ2) is 5.87. The number of fused-ring (bicyclic) bond motifs is 3. The third-order valence-corrected chi connectivity index (χ3v) is 8.33. The molecule has 2 N–H and O–H groups in total. The lowest BCUT2D eigenvalue weighted by Crippen LogP contribution is -2.66. The molecule has 0 fully saturated rings. The highest BCUT2D eigenvalue weighted by Gasteiger charge is 2.69. The summed E-state index contributed by atoms with van der Waals surface area (Å²) in [7, 11) is -4.69. The second-order valence-corrected chi connectivity index (χ2v) is 9.92. The molecule has 0 aromatic heterocycles. The van der Waals surface area contributed by atoms with E-state index in [9.17, 15) is 23.3 Å². The summed E-state index contributed by atoms with van der Waals surface area (Å²) in [6.07, 6.45) is -2.15. The number of ether oxygens (including phenoxy) is 1. The standard InChI is InChI=1S/C16H18FN3O7S/c1-14(2)12(18-13(21)22)19-15(3)10-8-9(20(23)24)4-5-11(10)27-7-6-16(15,17)28(14,25)26/h4-5,8H,6-7H2,1-3H3,(H,18,19)(H,21,22)/t15-,16-/m1/s1. The Morgan fingerprint density at radius 3 is 2.61 bits per heavy atom. The van der Waals surface area contributed by atoms with Crippen molar-refractivity contribution in [3.63, 3.8) is 0 Å². The summed E-state index contributed by atoms with van der Waals surface area (Å²) in [4.78, 5) is 25.8. The molecule has 2 aliphatic heterocycles. The Labute approximate surface area is 159 Å². The lowest BCUT2D eigenvalue weighted by Gasteiger charge is -2.47. The number of amides is 1. The molecule has 1 aromatic rings. The van der Waals surface area contributed by atoms with Crippen LogP contribution in [-0.2, 0) is 15.4 Å². The number of amidine groups is 1. The van der Waals surface area contributed by atoms with E-state index in [-0.39, 0.29) is 17.9 Å². The van der Waals surface area contributed by atoms with E-state index in [1.165, 1.54) is 13.0 Å². The van der Waals surface area contributed by atoms with Crippen LogP contribution in [0.25, 0.3) is 0 Å². The van der Waals surface area contributed by atoms with Crippen LogP contribution in [-0.4, -0.2) is 46.7 Å². The molecule has 2 heterocycles. The predicted octanol–water partition coefficient (Wildman–Crippen LogP) is 2.13. The summed E-state index contributed by atoms with van der Waals surface area (Å²) in [5.74, 6) is -0.434. The van der Waals surface area contributed by atoms with Crippen LogP contribution < -0.4 is 10.1 Å². The van der Waals surface area contributed by atoms with Crippen LogP contribution in [0.5, 0.6) is 5.75 Å². The second-order valence-electron chi connectivity index (χ2n) is 7.24.